The van der Waals surface area contributed by atoms with Crippen LogP contribution in [0.25, 0.3) is 0 Å². The highest BCUT2D eigenvalue weighted by Crippen LogP contribution is 2.22. The van der Waals surface area contributed by atoms with Crippen molar-refractivity contribution in [3.05, 3.63) is 42.5 Å². The van der Waals surface area contributed by atoms with Crippen molar-refractivity contribution in [2.45, 2.75) is 30.1 Å². The molecule has 1 rings (SSSR count). The number of hydrogen-bond donors (Lipinski definition) is 1. The molecule has 4 heteroatoms. The summed E-state index contributed by atoms with van der Waals surface area (Å²) in [5.74, 6) is 0. The van der Waals surface area contributed by atoms with Gasteiger partial charge in [0.2, 0.25) is 0 Å². The third-order valence-corrected chi connectivity index (χ3v) is 5.36. The second-order valence-corrected chi connectivity index (χ2v) is 6.31. The zero-order chi connectivity index (χ0) is 12.9. The zero-order valence-electron chi connectivity index (χ0n) is 10.4. The van der Waals surface area contributed by atoms with Crippen molar-refractivity contribution in [2.24, 2.45) is 4.36 Å². The van der Waals surface area contributed by atoms with Crippen LogP contribution < -0.4 is 0 Å². The van der Waals surface area contributed by atoms with E-state index in [4.69, 9.17) is 0 Å². The lowest BCUT2D eigenvalue weighted by atomic mass is 10.2. The molecule has 1 N–H and O–H groups in total. The Hall–Kier alpha value is -1.13. The molecule has 0 aromatic heterocycles. The van der Waals surface area contributed by atoms with Gasteiger partial charge in [-0.05, 0) is 26.0 Å². The van der Waals surface area contributed by atoms with Crippen LogP contribution in [0.15, 0.2) is 51.7 Å². The lowest BCUT2D eigenvalue weighted by Crippen LogP contribution is -2.30. The largest absolute Gasteiger partial charge is 0.392 e. The van der Waals surface area contributed by atoms with Crippen LogP contribution >= 0.6 is 0 Å². The molecule has 94 valence electrons. The van der Waals surface area contributed by atoms with Crippen molar-refractivity contribution < 1.29 is 9.32 Å². The molecule has 1 aromatic rings. The predicted molar refractivity (Wildman–Crippen MR) is 71.5 cm³/mol. The first-order valence-electron chi connectivity index (χ1n) is 5.56. The Kier molecular flexibility index (Phi) is 4.90. The molecule has 0 aliphatic heterocycles. The van der Waals surface area contributed by atoms with E-state index in [2.05, 4.69) is 4.36 Å². The number of hydrogen-bond acceptors (Lipinski definition) is 3. The van der Waals surface area contributed by atoms with E-state index in [0.29, 0.717) is 4.90 Å². The Labute approximate surface area is 103 Å². The normalized spacial score (nSPS) is 18.6. The Morgan fingerprint density at radius 2 is 1.94 bits per heavy atom. The summed E-state index contributed by atoms with van der Waals surface area (Å²) in [6.45, 7) is 3.48. The lowest BCUT2D eigenvalue weighted by Gasteiger charge is -2.21. The van der Waals surface area contributed by atoms with E-state index in [9.17, 15) is 9.32 Å². The fourth-order valence-corrected chi connectivity index (χ4v) is 3.94. The number of allylic oxidation sites excluding steroid dienone is 1. The van der Waals surface area contributed by atoms with E-state index in [0.717, 1.165) is 0 Å². The second kappa shape index (κ2) is 5.98. The highest BCUT2D eigenvalue weighted by Gasteiger charge is 2.26. The van der Waals surface area contributed by atoms with E-state index in [1.807, 2.05) is 25.1 Å². The van der Waals surface area contributed by atoms with Gasteiger partial charge < -0.3 is 5.11 Å². The number of aliphatic hydroxyl groups excluding tert-OH is 1. The molecule has 0 radical (unpaired) electrons. The summed E-state index contributed by atoms with van der Waals surface area (Å²) >= 11 is 0. The molecule has 0 aliphatic carbocycles. The van der Waals surface area contributed by atoms with Crippen molar-refractivity contribution in [1.82, 2.24) is 0 Å². The minimum Gasteiger partial charge on any atom is -0.392 e. The van der Waals surface area contributed by atoms with E-state index in [1.54, 1.807) is 31.2 Å². The third-order valence-electron chi connectivity index (χ3n) is 2.58. The molecule has 0 amide bonds. The molecule has 0 saturated carbocycles. The summed E-state index contributed by atoms with van der Waals surface area (Å²) in [4.78, 5) is 0.659. The minimum absolute atomic E-state index is 0.486. The molecular weight excluding hydrogens is 234 g/mol. The number of rotatable bonds is 4. The molecule has 0 aliphatic rings. The standard InChI is InChI=1S/C13H19NO2S/c1-4-8-13(11(2)15)17(16,14-3)12-9-6-5-7-10-12/h4-11,13,15H,1-3H3/b8-4-/t11-,13-,17?/m1/s1. The summed E-state index contributed by atoms with van der Waals surface area (Å²) < 4.78 is 17.0. The lowest BCUT2D eigenvalue weighted by molar-refractivity contribution is 0.201. The first kappa shape index (κ1) is 13.9. The molecule has 3 atom stereocenters. The van der Waals surface area contributed by atoms with Gasteiger partial charge in [0.15, 0.2) is 0 Å². The second-order valence-electron chi connectivity index (χ2n) is 3.80. The maximum Gasteiger partial charge on any atom is 0.0910 e. The number of benzene rings is 1. The SMILES string of the molecule is C/C=C\[C@H]([C@@H](C)O)S(=O)(=NC)c1ccccc1. The maximum atomic E-state index is 12.9. The van der Waals surface area contributed by atoms with Crippen LogP contribution in [0.3, 0.4) is 0 Å². The Morgan fingerprint density at radius 1 is 1.35 bits per heavy atom. The first-order chi connectivity index (χ1) is 8.06. The van der Waals surface area contributed by atoms with Gasteiger partial charge in [0.25, 0.3) is 0 Å². The van der Waals surface area contributed by atoms with Crippen LogP contribution in [-0.4, -0.2) is 27.7 Å². The monoisotopic (exact) mass is 253 g/mol. The van der Waals surface area contributed by atoms with E-state index in [1.165, 1.54) is 7.05 Å². The topological polar surface area (TPSA) is 49.7 Å². The van der Waals surface area contributed by atoms with Crippen molar-refractivity contribution in [3.8, 4) is 0 Å². The highest BCUT2D eigenvalue weighted by atomic mass is 32.2. The zero-order valence-corrected chi connectivity index (χ0v) is 11.2. The van der Waals surface area contributed by atoms with Gasteiger partial charge in [-0.3, -0.25) is 0 Å². The van der Waals surface area contributed by atoms with Gasteiger partial charge in [-0.25, -0.2) is 8.57 Å². The fourth-order valence-electron chi connectivity index (χ4n) is 1.72. The van der Waals surface area contributed by atoms with E-state index >= 15 is 0 Å². The molecule has 0 saturated heterocycles. The van der Waals surface area contributed by atoms with Crippen molar-refractivity contribution in [2.75, 3.05) is 7.05 Å². The van der Waals surface area contributed by atoms with Gasteiger partial charge in [-0.15, -0.1) is 0 Å². The summed E-state index contributed by atoms with van der Waals surface area (Å²) in [6, 6.07) is 9.10. The van der Waals surface area contributed by atoms with E-state index in [-0.39, 0.29) is 0 Å². The van der Waals surface area contributed by atoms with Crippen molar-refractivity contribution >= 4 is 9.73 Å². The van der Waals surface area contributed by atoms with Crippen LogP contribution in [0.1, 0.15) is 13.8 Å². The molecule has 3 nitrogen and oxygen atoms in total. The molecule has 0 fully saturated rings. The molecule has 0 bridgehead atoms. The predicted octanol–water partition coefficient (Wildman–Crippen LogP) is 2.47. The van der Waals surface area contributed by atoms with Crippen LogP contribution in [0.4, 0.5) is 0 Å². The molecule has 0 spiro atoms. The van der Waals surface area contributed by atoms with Crippen molar-refractivity contribution in [1.29, 1.82) is 0 Å². The first-order valence-corrected chi connectivity index (χ1v) is 7.14. The van der Waals surface area contributed by atoms with Gasteiger partial charge >= 0.3 is 0 Å². The van der Waals surface area contributed by atoms with Gasteiger partial charge in [-0.2, -0.15) is 0 Å². The van der Waals surface area contributed by atoms with Crippen LogP contribution in [-0.2, 0) is 9.73 Å². The molecule has 1 unspecified atom stereocenters. The molecular formula is C13H19NO2S. The van der Waals surface area contributed by atoms with E-state index < -0.39 is 21.1 Å². The van der Waals surface area contributed by atoms with Gasteiger partial charge in [-0.1, -0.05) is 30.4 Å². The van der Waals surface area contributed by atoms with Gasteiger partial charge in [0.1, 0.15) is 0 Å². The summed E-state index contributed by atoms with van der Waals surface area (Å²) in [7, 11) is -1.08. The minimum atomic E-state index is -2.62. The maximum absolute atomic E-state index is 12.9. The van der Waals surface area contributed by atoms with Gasteiger partial charge in [0, 0.05) is 11.9 Å². The smallest absolute Gasteiger partial charge is 0.0910 e. The fraction of sp³-hybridized carbons (Fsp3) is 0.385. The quantitative estimate of drug-likeness (QED) is 0.838. The average Bonchev–Trinajstić information content (AvgIpc) is 2.35. The number of nitrogens with zero attached hydrogens (tertiary/aromatic N) is 1. The van der Waals surface area contributed by atoms with Crippen LogP contribution in [0.5, 0.6) is 0 Å². The number of aliphatic hydroxyl groups is 1. The highest BCUT2D eigenvalue weighted by molar-refractivity contribution is 7.94. The van der Waals surface area contributed by atoms with Gasteiger partial charge in [0.05, 0.1) is 21.1 Å². The Bertz CT molecular complexity index is 485. The summed E-state index contributed by atoms with van der Waals surface area (Å²) in [5.41, 5.74) is 0. The Morgan fingerprint density at radius 3 is 2.35 bits per heavy atom. The molecule has 17 heavy (non-hydrogen) atoms. The Balaban J connectivity index is 3.35. The molecule has 0 heterocycles. The third kappa shape index (κ3) is 2.96. The summed E-state index contributed by atoms with van der Waals surface area (Å²) in [6.07, 6.45) is 2.85. The molecule has 1 aromatic carbocycles. The van der Waals surface area contributed by atoms with Crippen LogP contribution in [0, 0.1) is 0 Å². The average molecular weight is 253 g/mol. The van der Waals surface area contributed by atoms with Crippen LogP contribution in [0.2, 0.25) is 0 Å². The van der Waals surface area contributed by atoms with Crippen molar-refractivity contribution in [3.63, 3.8) is 0 Å². The summed E-state index contributed by atoms with van der Waals surface area (Å²) in [5, 5.41) is 9.29.